The Balaban J connectivity index is 1.71. The Morgan fingerprint density at radius 1 is 1.15 bits per heavy atom. The molecule has 5 N–H and O–H groups in total. The molecular formula is C19H23O7S+. The van der Waals surface area contributed by atoms with Crippen molar-refractivity contribution in [1.82, 2.24) is 0 Å². The van der Waals surface area contributed by atoms with Gasteiger partial charge in [-0.25, -0.2) is 0 Å². The van der Waals surface area contributed by atoms with Gasteiger partial charge in [0.15, 0.2) is 12.2 Å². The van der Waals surface area contributed by atoms with Crippen LogP contribution in [0.25, 0.3) is 12.2 Å². The van der Waals surface area contributed by atoms with Crippen LogP contribution in [0.4, 0.5) is 0 Å². The fourth-order valence-electron chi connectivity index (χ4n) is 2.72. The molecule has 1 aliphatic rings. The molecule has 8 heteroatoms. The first-order valence-corrected chi connectivity index (χ1v) is 9.31. The van der Waals surface area contributed by atoms with Gasteiger partial charge < -0.3 is 34.6 Å². The van der Waals surface area contributed by atoms with Gasteiger partial charge in [0.2, 0.25) is 12.4 Å². The van der Waals surface area contributed by atoms with Crippen LogP contribution in [-0.4, -0.2) is 64.8 Å². The summed E-state index contributed by atoms with van der Waals surface area (Å²) in [6.07, 6.45) is -2.15. The van der Waals surface area contributed by atoms with Crippen LogP contribution in [0.1, 0.15) is 10.4 Å². The number of hydrogen-bond acceptors (Lipinski definition) is 7. The Bertz CT molecular complexity index is 756. The number of hydrogen-bond donors (Lipinski definition) is 3. The van der Waals surface area contributed by atoms with E-state index in [1.165, 1.54) is 11.3 Å². The third-order valence-electron chi connectivity index (χ3n) is 4.33. The van der Waals surface area contributed by atoms with Crippen LogP contribution in [0.5, 0.6) is 11.5 Å². The molecule has 2 aromatic rings. The second-order valence-corrected chi connectivity index (χ2v) is 7.05. The lowest BCUT2D eigenvalue weighted by Gasteiger charge is -2.37. The summed E-state index contributed by atoms with van der Waals surface area (Å²) >= 11 is 1.45. The number of aliphatic hydroxyl groups excluding tert-OH is 3. The molecule has 0 spiro atoms. The SMILES string of the molecule is COc1ccc(/C=C/c2sccc2OC2OC(CO)C(O)C([OH2+])C2O)cc1. The van der Waals surface area contributed by atoms with Crippen molar-refractivity contribution in [3.05, 3.63) is 46.2 Å². The smallest absolute Gasteiger partial charge is 0.234 e. The maximum Gasteiger partial charge on any atom is 0.234 e. The summed E-state index contributed by atoms with van der Waals surface area (Å²) in [6, 6.07) is 9.33. The van der Waals surface area contributed by atoms with Crippen LogP contribution >= 0.6 is 11.3 Å². The van der Waals surface area contributed by atoms with Gasteiger partial charge in [-0.3, -0.25) is 0 Å². The van der Waals surface area contributed by atoms with Gasteiger partial charge >= 0.3 is 0 Å². The quantitative estimate of drug-likeness (QED) is 0.625. The van der Waals surface area contributed by atoms with Crippen molar-refractivity contribution in [1.29, 1.82) is 0 Å². The molecule has 5 atom stereocenters. The Hall–Kier alpha value is -1.94. The van der Waals surface area contributed by atoms with Gasteiger partial charge in [0.25, 0.3) is 0 Å². The van der Waals surface area contributed by atoms with Gasteiger partial charge in [-0.05, 0) is 35.2 Å². The fourth-order valence-corrected chi connectivity index (χ4v) is 3.44. The van der Waals surface area contributed by atoms with Gasteiger partial charge in [-0.15, -0.1) is 11.3 Å². The lowest BCUT2D eigenvalue weighted by atomic mass is 9.99. The average molecular weight is 395 g/mol. The predicted molar refractivity (Wildman–Crippen MR) is 102 cm³/mol. The summed E-state index contributed by atoms with van der Waals surface area (Å²) in [4.78, 5) is 0.815. The van der Waals surface area contributed by atoms with Crippen LogP contribution in [-0.2, 0) is 4.74 Å². The molecule has 0 radical (unpaired) electrons. The molecule has 0 bridgehead atoms. The lowest BCUT2D eigenvalue weighted by Crippen LogP contribution is -2.60. The predicted octanol–water partition coefficient (Wildman–Crippen LogP) is 0.838. The lowest BCUT2D eigenvalue weighted by molar-refractivity contribution is -0.277. The number of ether oxygens (including phenoxy) is 3. The maximum atomic E-state index is 10.2. The zero-order valence-corrected chi connectivity index (χ0v) is 15.5. The summed E-state index contributed by atoms with van der Waals surface area (Å²) in [7, 11) is 1.61. The minimum atomic E-state index is -1.33. The number of benzene rings is 1. The average Bonchev–Trinajstić information content (AvgIpc) is 3.14. The van der Waals surface area contributed by atoms with Gasteiger partial charge in [0.1, 0.15) is 17.6 Å². The van der Waals surface area contributed by atoms with E-state index in [9.17, 15) is 15.3 Å². The number of aliphatic hydroxyl groups is 3. The zero-order valence-electron chi connectivity index (χ0n) is 14.7. The van der Waals surface area contributed by atoms with Crippen LogP contribution in [0.2, 0.25) is 0 Å². The maximum absolute atomic E-state index is 10.2. The minimum Gasteiger partial charge on any atom is -0.497 e. The summed E-state index contributed by atoms with van der Waals surface area (Å²) in [6.45, 7) is -0.461. The fraction of sp³-hybridized carbons (Fsp3) is 0.368. The Morgan fingerprint density at radius 2 is 1.89 bits per heavy atom. The summed E-state index contributed by atoms with van der Waals surface area (Å²) in [5.41, 5.74) is 0.985. The Morgan fingerprint density at radius 3 is 2.56 bits per heavy atom. The highest BCUT2D eigenvalue weighted by atomic mass is 32.1. The van der Waals surface area contributed by atoms with Crippen molar-refractivity contribution in [2.75, 3.05) is 13.7 Å². The Labute approximate surface area is 160 Å². The minimum absolute atomic E-state index is 0.461. The molecule has 2 heterocycles. The van der Waals surface area contributed by atoms with Gasteiger partial charge in [-0.2, -0.15) is 0 Å². The summed E-state index contributed by atoms with van der Waals surface area (Å²) in [5.74, 6) is 1.27. The number of thiophene rings is 1. The molecule has 7 nitrogen and oxygen atoms in total. The molecule has 146 valence electrons. The largest absolute Gasteiger partial charge is 0.497 e. The van der Waals surface area contributed by atoms with Gasteiger partial charge in [0.05, 0.1) is 18.6 Å². The van der Waals surface area contributed by atoms with E-state index in [4.69, 9.17) is 19.3 Å². The molecule has 0 aliphatic carbocycles. The molecule has 1 aromatic carbocycles. The van der Waals surface area contributed by atoms with E-state index < -0.39 is 37.3 Å². The molecule has 5 unspecified atom stereocenters. The first-order chi connectivity index (χ1) is 13.0. The van der Waals surface area contributed by atoms with Gasteiger partial charge in [0, 0.05) is 0 Å². The van der Waals surface area contributed by atoms with Crippen LogP contribution in [0.15, 0.2) is 35.7 Å². The normalized spacial score (nSPS) is 28.4. The van der Waals surface area contributed by atoms with Crippen molar-refractivity contribution in [2.24, 2.45) is 0 Å². The molecule has 0 amide bonds. The van der Waals surface area contributed by atoms with Crippen LogP contribution < -0.4 is 9.47 Å². The van der Waals surface area contributed by atoms with Crippen LogP contribution in [0.3, 0.4) is 0 Å². The van der Waals surface area contributed by atoms with E-state index in [2.05, 4.69) is 0 Å². The molecule has 1 saturated heterocycles. The first-order valence-electron chi connectivity index (χ1n) is 8.43. The second kappa shape index (κ2) is 8.83. The van der Waals surface area contributed by atoms with Crippen LogP contribution in [0, 0.1) is 0 Å². The van der Waals surface area contributed by atoms with E-state index in [1.807, 2.05) is 41.8 Å². The third kappa shape index (κ3) is 4.49. The Kier molecular flexibility index (Phi) is 6.48. The van der Waals surface area contributed by atoms with E-state index in [-0.39, 0.29) is 0 Å². The molecule has 1 aromatic heterocycles. The standard InChI is InChI=1S/C19H22O7S/c1-24-12-5-2-11(3-6-12)4-7-15-13(8-9-27-15)25-19-18(23)17(22)16(21)14(10-20)26-19/h2-9,14,16-23H,10H2,1H3/p+1/b7-4+. The highest BCUT2D eigenvalue weighted by Gasteiger charge is 2.48. The second-order valence-electron chi connectivity index (χ2n) is 6.11. The monoisotopic (exact) mass is 395 g/mol. The van der Waals surface area contributed by atoms with Crippen molar-refractivity contribution in [3.63, 3.8) is 0 Å². The molecule has 27 heavy (non-hydrogen) atoms. The topological polar surface area (TPSA) is 111 Å². The van der Waals surface area contributed by atoms with Gasteiger partial charge in [-0.1, -0.05) is 18.2 Å². The molecule has 0 saturated carbocycles. The third-order valence-corrected chi connectivity index (χ3v) is 5.19. The highest BCUT2D eigenvalue weighted by molar-refractivity contribution is 7.11. The highest BCUT2D eigenvalue weighted by Crippen LogP contribution is 2.31. The molecular weight excluding hydrogens is 372 g/mol. The van der Waals surface area contributed by atoms with E-state index in [0.29, 0.717) is 5.75 Å². The zero-order chi connectivity index (χ0) is 19.4. The summed E-state index contributed by atoms with van der Waals surface area (Å²) in [5, 5.41) is 39.0. The summed E-state index contributed by atoms with van der Waals surface area (Å²) < 4.78 is 16.3. The molecule has 1 fully saturated rings. The van der Waals surface area contributed by atoms with E-state index in [0.717, 1.165) is 16.2 Å². The van der Waals surface area contributed by atoms with Crippen molar-refractivity contribution in [2.45, 2.75) is 30.7 Å². The van der Waals surface area contributed by atoms with E-state index in [1.54, 1.807) is 13.2 Å². The van der Waals surface area contributed by atoms with Crippen molar-refractivity contribution >= 4 is 23.5 Å². The first kappa shape index (κ1) is 19.8. The van der Waals surface area contributed by atoms with Crippen molar-refractivity contribution in [3.8, 4) is 11.5 Å². The number of methoxy groups -OCH3 is 1. The van der Waals surface area contributed by atoms with E-state index >= 15 is 0 Å². The molecule has 1 aliphatic heterocycles. The van der Waals surface area contributed by atoms with Crippen molar-refractivity contribution < 1.29 is 34.6 Å². The number of rotatable bonds is 6. The molecule has 3 rings (SSSR count).